The van der Waals surface area contributed by atoms with E-state index in [1.165, 1.54) is 0 Å². The summed E-state index contributed by atoms with van der Waals surface area (Å²) >= 11 is 0. The molecule has 1 fully saturated rings. The normalized spacial score (nSPS) is 25.9. The quantitative estimate of drug-likeness (QED) is 0.864. The van der Waals surface area contributed by atoms with Crippen molar-refractivity contribution in [3.63, 3.8) is 0 Å². The molecule has 1 aliphatic carbocycles. The van der Waals surface area contributed by atoms with Crippen LogP contribution in [0.25, 0.3) is 0 Å². The summed E-state index contributed by atoms with van der Waals surface area (Å²) in [6.07, 6.45) is 3.95. The molecule has 0 spiro atoms. The Morgan fingerprint density at radius 2 is 1.90 bits per heavy atom. The van der Waals surface area contributed by atoms with Crippen LogP contribution in [0.4, 0.5) is 0 Å². The van der Waals surface area contributed by atoms with Crippen molar-refractivity contribution in [2.24, 2.45) is 17.8 Å². The van der Waals surface area contributed by atoms with Gasteiger partial charge in [0.2, 0.25) is 0 Å². The molecule has 3 unspecified atom stereocenters. The Bertz CT molecular complexity index is 430. The lowest BCUT2D eigenvalue weighted by Gasteiger charge is -2.35. The molecule has 2 rings (SSSR count). The highest BCUT2D eigenvalue weighted by atomic mass is 16.5. The van der Waals surface area contributed by atoms with E-state index in [1.807, 2.05) is 24.3 Å². The van der Waals surface area contributed by atoms with E-state index >= 15 is 0 Å². The minimum Gasteiger partial charge on any atom is -0.493 e. The number of aliphatic hydroxyl groups excluding tert-OH is 1. The van der Waals surface area contributed by atoms with Crippen LogP contribution in [-0.4, -0.2) is 24.9 Å². The highest BCUT2D eigenvalue weighted by molar-refractivity contribution is 5.39. The molecular weight excluding hydrogens is 264 g/mol. The first-order valence-electron chi connectivity index (χ1n) is 8.05. The van der Waals surface area contributed by atoms with Gasteiger partial charge in [0.1, 0.15) is 0 Å². The summed E-state index contributed by atoms with van der Waals surface area (Å²) in [5.41, 5.74) is 0. The van der Waals surface area contributed by atoms with Gasteiger partial charge in [-0.1, -0.05) is 26.0 Å². The predicted octanol–water partition coefficient (Wildman–Crippen LogP) is 3.90. The maximum Gasteiger partial charge on any atom is 0.161 e. The molecular formula is C18H28O3. The number of rotatable bonds is 6. The summed E-state index contributed by atoms with van der Waals surface area (Å²) in [6.45, 7) is 5.20. The topological polar surface area (TPSA) is 38.7 Å². The molecule has 1 aliphatic rings. The predicted molar refractivity (Wildman–Crippen MR) is 84.8 cm³/mol. The lowest BCUT2D eigenvalue weighted by Crippen LogP contribution is -2.32. The molecule has 0 saturated heterocycles. The van der Waals surface area contributed by atoms with Gasteiger partial charge in [0.25, 0.3) is 0 Å². The van der Waals surface area contributed by atoms with Crippen LogP contribution in [0, 0.1) is 17.8 Å². The molecule has 0 bridgehead atoms. The zero-order chi connectivity index (χ0) is 15.2. The molecule has 1 saturated carbocycles. The molecule has 3 nitrogen and oxygen atoms in total. The minimum absolute atomic E-state index is 0.165. The van der Waals surface area contributed by atoms with E-state index in [-0.39, 0.29) is 6.10 Å². The van der Waals surface area contributed by atoms with Gasteiger partial charge in [-0.25, -0.2) is 0 Å². The van der Waals surface area contributed by atoms with E-state index < -0.39 is 0 Å². The van der Waals surface area contributed by atoms with Gasteiger partial charge >= 0.3 is 0 Å². The SMILES string of the molecule is COc1ccccc1OCCC1CC(C(C)C)CCC1O. The van der Waals surface area contributed by atoms with Crippen molar-refractivity contribution in [2.45, 2.75) is 45.6 Å². The molecule has 0 amide bonds. The van der Waals surface area contributed by atoms with Crippen molar-refractivity contribution in [3.8, 4) is 11.5 Å². The first-order valence-corrected chi connectivity index (χ1v) is 8.05. The molecule has 3 atom stereocenters. The van der Waals surface area contributed by atoms with Crippen LogP contribution in [0.2, 0.25) is 0 Å². The number of benzene rings is 1. The maximum absolute atomic E-state index is 10.2. The Hall–Kier alpha value is -1.22. The van der Waals surface area contributed by atoms with E-state index in [4.69, 9.17) is 9.47 Å². The molecule has 0 aromatic heterocycles. The number of aliphatic hydroxyl groups is 1. The van der Waals surface area contributed by atoms with Crippen molar-refractivity contribution in [1.82, 2.24) is 0 Å². The lowest BCUT2D eigenvalue weighted by molar-refractivity contribution is 0.0271. The molecule has 1 aromatic carbocycles. The van der Waals surface area contributed by atoms with Crippen LogP contribution in [0.5, 0.6) is 11.5 Å². The molecule has 3 heteroatoms. The van der Waals surface area contributed by atoms with Gasteiger partial charge in [-0.15, -0.1) is 0 Å². The van der Waals surface area contributed by atoms with Crippen molar-refractivity contribution < 1.29 is 14.6 Å². The Morgan fingerprint density at radius 1 is 1.19 bits per heavy atom. The van der Waals surface area contributed by atoms with Crippen LogP contribution >= 0.6 is 0 Å². The van der Waals surface area contributed by atoms with Gasteiger partial charge < -0.3 is 14.6 Å². The van der Waals surface area contributed by atoms with E-state index in [0.29, 0.717) is 18.4 Å². The van der Waals surface area contributed by atoms with Gasteiger partial charge in [0, 0.05) is 0 Å². The van der Waals surface area contributed by atoms with Crippen LogP contribution in [0.3, 0.4) is 0 Å². The second-order valence-electron chi connectivity index (χ2n) is 6.43. The molecule has 1 N–H and O–H groups in total. The van der Waals surface area contributed by atoms with E-state index in [1.54, 1.807) is 7.11 Å². The van der Waals surface area contributed by atoms with Gasteiger partial charge in [-0.3, -0.25) is 0 Å². The Morgan fingerprint density at radius 3 is 2.57 bits per heavy atom. The third kappa shape index (κ3) is 4.37. The van der Waals surface area contributed by atoms with Crippen LogP contribution < -0.4 is 9.47 Å². The van der Waals surface area contributed by atoms with Crippen LogP contribution in [0.1, 0.15) is 39.5 Å². The summed E-state index contributed by atoms with van der Waals surface area (Å²) in [5, 5.41) is 10.2. The number of hydrogen-bond donors (Lipinski definition) is 1. The fraction of sp³-hybridized carbons (Fsp3) is 0.667. The summed E-state index contributed by atoms with van der Waals surface area (Å²) < 4.78 is 11.1. The van der Waals surface area contributed by atoms with Crippen molar-refractivity contribution in [3.05, 3.63) is 24.3 Å². The summed E-state index contributed by atoms with van der Waals surface area (Å²) in [5.74, 6) is 3.35. The number of methoxy groups -OCH3 is 1. The second kappa shape index (κ2) is 7.69. The third-order valence-corrected chi connectivity index (χ3v) is 4.74. The van der Waals surface area contributed by atoms with Gasteiger partial charge in [0.05, 0.1) is 19.8 Å². The Balaban J connectivity index is 1.84. The van der Waals surface area contributed by atoms with E-state index in [9.17, 15) is 5.11 Å². The van der Waals surface area contributed by atoms with Crippen LogP contribution in [0.15, 0.2) is 24.3 Å². The van der Waals surface area contributed by atoms with Crippen molar-refractivity contribution >= 4 is 0 Å². The smallest absolute Gasteiger partial charge is 0.161 e. The second-order valence-corrected chi connectivity index (χ2v) is 6.43. The number of hydrogen-bond acceptors (Lipinski definition) is 3. The maximum atomic E-state index is 10.2. The van der Waals surface area contributed by atoms with E-state index in [0.717, 1.165) is 43.1 Å². The third-order valence-electron chi connectivity index (χ3n) is 4.74. The van der Waals surface area contributed by atoms with Crippen molar-refractivity contribution in [1.29, 1.82) is 0 Å². The summed E-state index contributed by atoms with van der Waals surface area (Å²) in [6, 6.07) is 7.71. The molecule has 21 heavy (non-hydrogen) atoms. The zero-order valence-corrected chi connectivity index (χ0v) is 13.4. The summed E-state index contributed by atoms with van der Waals surface area (Å²) in [4.78, 5) is 0. The monoisotopic (exact) mass is 292 g/mol. The average molecular weight is 292 g/mol. The highest BCUT2D eigenvalue weighted by Crippen LogP contribution is 2.36. The fourth-order valence-electron chi connectivity index (χ4n) is 3.26. The molecule has 0 heterocycles. The fourth-order valence-corrected chi connectivity index (χ4v) is 3.26. The average Bonchev–Trinajstić information content (AvgIpc) is 2.49. The highest BCUT2D eigenvalue weighted by Gasteiger charge is 2.30. The molecule has 0 aliphatic heterocycles. The lowest BCUT2D eigenvalue weighted by atomic mass is 9.74. The first-order chi connectivity index (χ1) is 10.1. The van der Waals surface area contributed by atoms with E-state index in [2.05, 4.69) is 13.8 Å². The van der Waals surface area contributed by atoms with Gasteiger partial charge in [-0.2, -0.15) is 0 Å². The van der Waals surface area contributed by atoms with Gasteiger partial charge in [-0.05, 0) is 55.6 Å². The first kappa shape index (κ1) is 16.2. The minimum atomic E-state index is -0.165. The standard InChI is InChI=1S/C18H28O3/c1-13(2)14-8-9-16(19)15(12-14)10-11-21-18-7-5-4-6-17(18)20-3/h4-7,13-16,19H,8-12H2,1-3H3. The molecule has 118 valence electrons. The molecule has 0 radical (unpaired) electrons. The summed E-state index contributed by atoms with van der Waals surface area (Å²) in [7, 11) is 1.65. The van der Waals surface area contributed by atoms with Crippen LogP contribution in [-0.2, 0) is 0 Å². The number of ether oxygens (including phenoxy) is 2. The largest absolute Gasteiger partial charge is 0.493 e. The number of para-hydroxylation sites is 2. The molecule has 1 aromatic rings. The Kier molecular flexibility index (Phi) is 5.92. The van der Waals surface area contributed by atoms with Gasteiger partial charge in [0.15, 0.2) is 11.5 Å². The zero-order valence-electron chi connectivity index (χ0n) is 13.4. The Labute approximate surface area is 128 Å². The van der Waals surface area contributed by atoms with Crippen molar-refractivity contribution in [2.75, 3.05) is 13.7 Å².